The number of nitrogens with zero attached hydrogens (tertiary/aromatic N) is 6. The molecule has 18 heteroatoms. The molecule has 1 aliphatic heterocycles. The molecule has 0 radical (unpaired) electrons. The highest BCUT2D eigenvalue weighted by Crippen LogP contribution is 2.44. The van der Waals surface area contributed by atoms with Gasteiger partial charge in [0, 0.05) is 55.4 Å². The first-order chi connectivity index (χ1) is 27.2. The summed E-state index contributed by atoms with van der Waals surface area (Å²) in [5.41, 5.74) is 4.19. The number of carboxylic acid groups (broad SMARTS) is 1. The molecular formula is C39H46ClFN10O6. The molecule has 302 valence electrons. The number of amides is 2. The molecule has 0 spiro atoms. The smallest absolute Gasteiger partial charge is 0.407 e. The number of carboxylic acids is 1. The maximum atomic E-state index is 14.9. The molecule has 3 aromatic heterocycles. The monoisotopic (exact) mass is 804 g/mol. The average Bonchev–Trinajstić information content (AvgIpc) is 3.79. The molecule has 6 rings (SSSR count). The van der Waals surface area contributed by atoms with Gasteiger partial charge in [0.05, 0.1) is 48.2 Å². The number of piperidine rings is 1. The Morgan fingerprint density at radius 1 is 1.09 bits per heavy atom. The second kappa shape index (κ2) is 18.0. The van der Waals surface area contributed by atoms with E-state index < -0.39 is 17.7 Å². The number of ether oxygens (including phenoxy) is 2. The van der Waals surface area contributed by atoms with E-state index in [4.69, 9.17) is 36.1 Å². The van der Waals surface area contributed by atoms with E-state index in [1.165, 1.54) is 23.0 Å². The third-order valence-electron chi connectivity index (χ3n) is 9.05. The molecule has 5 N–H and O–H groups in total. The van der Waals surface area contributed by atoms with Crippen molar-refractivity contribution < 1.29 is 33.4 Å². The number of H-pyrrole nitrogens is 1. The first-order valence-corrected chi connectivity index (χ1v) is 19.0. The van der Waals surface area contributed by atoms with Crippen LogP contribution in [0.2, 0.25) is 5.02 Å². The molecule has 1 aliphatic rings. The van der Waals surface area contributed by atoms with Gasteiger partial charge in [0.25, 0.3) is 0 Å². The standard InChI is InChI=1S/C39H46ClFN10O6/c1-23-17-24(19-26(41)18-23)28-21-44-35(43-11-10-42-32(52)9-15-56-16-14-51-22-31(37(53)54)48-49-51)33(36-46-29-6-5-25(40)20-30(29)47-36)34(28)50-12-7-27(8-13-50)45-38(55)57-39(2,3)4/h5-6,17-22,27H,7-16H2,1-4H3,(H,42,52)(H,43,44)(H,45,55)(H,46,47)(H,53,54). The summed E-state index contributed by atoms with van der Waals surface area (Å²) in [6, 6.07) is 10.2. The lowest BCUT2D eigenvalue weighted by atomic mass is 9.96. The Bertz CT molecular complexity index is 2210. The Labute approximate surface area is 333 Å². The summed E-state index contributed by atoms with van der Waals surface area (Å²) in [4.78, 5) is 51.7. The summed E-state index contributed by atoms with van der Waals surface area (Å²) < 4.78 is 27.3. The summed E-state index contributed by atoms with van der Waals surface area (Å²) in [7, 11) is 0. The number of rotatable bonds is 15. The van der Waals surface area contributed by atoms with Crippen LogP contribution >= 0.6 is 11.6 Å². The van der Waals surface area contributed by atoms with Crippen molar-refractivity contribution in [2.24, 2.45) is 0 Å². The minimum atomic E-state index is -1.16. The zero-order chi connectivity index (χ0) is 40.7. The maximum Gasteiger partial charge on any atom is 0.407 e. The zero-order valence-electron chi connectivity index (χ0n) is 32.2. The van der Waals surface area contributed by atoms with Crippen LogP contribution in [-0.2, 0) is 20.8 Å². The Morgan fingerprint density at radius 2 is 1.88 bits per heavy atom. The molecule has 1 fully saturated rings. The molecule has 2 amide bonds. The number of anilines is 2. The number of benzene rings is 2. The maximum absolute atomic E-state index is 14.9. The molecule has 5 aromatic rings. The summed E-state index contributed by atoms with van der Waals surface area (Å²) in [5.74, 6) is -0.731. The van der Waals surface area contributed by atoms with E-state index in [9.17, 15) is 18.8 Å². The lowest BCUT2D eigenvalue weighted by Gasteiger charge is -2.36. The Hall–Kier alpha value is -5.81. The van der Waals surface area contributed by atoms with Crippen LogP contribution in [0.15, 0.2) is 48.8 Å². The minimum Gasteiger partial charge on any atom is -0.476 e. The number of alkyl carbamates (subject to hydrolysis) is 1. The van der Waals surface area contributed by atoms with E-state index in [1.807, 2.05) is 39.8 Å². The number of aryl methyl sites for hydroxylation is 1. The van der Waals surface area contributed by atoms with E-state index in [1.54, 1.807) is 18.3 Å². The fourth-order valence-electron chi connectivity index (χ4n) is 6.52. The van der Waals surface area contributed by atoms with Crippen molar-refractivity contribution in [1.29, 1.82) is 0 Å². The van der Waals surface area contributed by atoms with Gasteiger partial charge >= 0.3 is 12.1 Å². The van der Waals surface area contributed by atoms with E-state index in [0.717, 1.165) is 16.8 Å². The number of hydrogen-bond acceptors (Lipinski definition) is 11. The largest absolute Gasteiger partial charge is 0.476 e. The van der Waals surface area contributed by atoms with Gasteiger partial charge < -0.3 is 40.4 Å². The minimum absolute atomic E-state index is 0.109. The summed E-state index contributed by atoms with van der Waals surface area (Å²) in [6.07, 6.45) is 3.94. The Balaban J connectivity index is 1.21. The quantitative estimate of drug-likeness (QED) is 0.0797. The number of aromatic carboxylic acids is 1. The Kier molecular flexibility index (Phi) is 12.9. The van der Waals surface area contributed by atoms with Crippen LogP contribution in [0.5, 0.6) is 0 Å². The van der Waals surface area contributed by atoms with Crippen LogP contribution in [0, 0.1) is 12.7 Å². The van der Waals surface area contributed by atoms with Gasteiger partial charge in [0.15, 0.2) is 5.69 Å². The number of hydrogen-bond donors (Lipinski definition) is 5. The first kappa shape index (κ1) is 40.8. The lowest BCUT2D eigenvalue weighted by molar-refractivity contribution is -0.122. The molecule has 0 saturated carbocycles. The highest BCUT2D eigenvalue weighted by atomic mass is 35.5. The van der Waals surface area contributed by atoms with Crippen LogP contribution in [0.4, 0.5) is 20.7 Å². The second-order valence-electron chi connectivity index (χ2n) is 14.7. The van der Waals surface area contributed by atoms with Gasteiger partial charge in [-0.25, -0.2) is 28.6 Å². The highest BCUT2D eigenvalue weighted by Gasteiger charge is 2.30. The van der Waals surface area contributed by atoms with Gasteiger partial charge in [0.1, 0.15) is 23.1 Å². The van der Waals surface area contributed by atoms with Crippen molar-refractivity contribution in [3.05, 3.63) is 70.9 Å². The molecule has 2 aromatic carbocycles. The van der Waals surface area contributed by atoms with Crippen LogP contribution in [0.3, 0.4) is 0 Å². The first-order valence-electron chi connectivity index (χ1n) is 18.6. The molecule has 1 saturated heterocycles. The summed E-state index contributed by atoms with van der Waals surface area (Å²) >= 11 is 6.35. The normalized spacial score (nSPS) is 13.5. The number of carbonyl (C=O) groups is 3. The van der Waals surface area contributed by atoms with Crippen molar-refractivity contribution in [2.75, 3.05) is 49.6 Å². The van der Waals surface area contributed by atoms with Crippen molar-refractivity contribution >= 4 is 52.1 Å². The SMILES string of the molecule is Cc1cc(F)cc(-c2cnc(NCCNC(=O)CCOCCn3cc(C(=O)O)nn3)c(-c3nc4ccc(Cl)cc4[nH]3)c2N2CCC(NC(=O)OC(C)(C)C)CC2)c1. The van der Waals surface area contributed by atoms with Crippen molar-refractivity contribution in [1.82, 2.24) is 40.6 Å². The number of halogens is 2. The van der Waals surface area contributed by atoms with E-state index in [2.05, 4.69) is 36.1 Å². The van der Waals surface area contributed by atoms with Crippen LogP contribution in [-0.4, -0.2) is 104 Å². The van der Waals surface area contributed by atoms with Gasteiger partial charge in [-0.1, -0.05) is 22.9 Å². The summed E-state index contributed by atoms with van der Waals surface area (Å²) in [6.45, 7) is 9.70. The molecule has 0 atom stereocenters. The van der Waals surface area contributed by atoms with Crippen LogP contribution in [0.25, 0.3) is 33.5 Å². The van der Waals surface area contributed by atoms with Gasteiger partial charge in [-0.15, -0.1) is 5.10 Å². The number of imidazole rings is 1. The Morgan fingerprint density at radius 3 is 2.60 bits per heavy atom. The van der Waals surface area contributed by atoms with Gasteiger partial charge in [0.2, 0.25) is 5.91 Å². The molecule has 0 unspecified atom stereocenters. The topological polar surface area (TPSA) is 202 Å². The van der Waals surface area contributed by atoms with E-state index in [-0.39, 0.29) is 49.6 Å². The number of aromatic amines is 1. The van der Waals surface area contributed by atoms with Gasteiger partial charge in [-0.05, 0) is 82.0 Å². The van der Waals surface area contributed by atoms with Crippen LogP contribution < -0.4 is 20.9 Å². The van der Waals surface area contributed by atoms with E-state index >= 15 is 0 Å². The third-order valence-corrected chi connectivity index (χ3v) is 9.29. The fourth-order valence-corrected chi connectivity index (χ4v) is 6.69. The molecule has 16 nitrogen and oxygen atoms in total. The number of carbonyl (C=O) groups excluding carboxylic acids is 2. The molecule has 0 aliphatic carbocycles. The van der Waals surface area contributed by atoms with Crippen molar-refractivity contribution in [3.63, 3.8) is 0 Å². The number of nitrogens with one attached hydrogen (secondary N) is 4. The molecule has 0 bridgehead atoms. The van der Waals surface area contributed by atoms with Gasteiger partial charge in [-0.3, -0.25) is 4.79 Å². The second-order valence-corrected chi connectivity index (χ2v) is 15.2. The van der Waals surface area contributed by atoms with E-state index in [0.29, 0.717) is 77.9 Å². The van der Waals surface area contributed by atoms with Crippen molar-refractivity contribution in [3.8, 4) is 22.5 Å². The fraction of sp³-hybridized carbons (Fsp3) is 0.410. The third kappa shape index (κ3) is 10.9. The van der Waals surface area contributed by atoms with Crippen molar-refractivity contribution in [2.45, 2.75) is 65.1 Å². The lowest BCUT2D eigenvalue weighted by Crippen LogP contribution is -2.46. The molecule has 4 heterocycles. The van der Waals surface area contributed by atoms with Crippen LogP contribution in [0.1, 0.15) is 56.1 Å². The molecular weight excluding hydrogens is 759 g/mol. The zero-order valence-corrected chi connectivity index (χ0v) is 33.0. The predicted octanol–water partition coefficient (Wildman–Crippen LogP) is 5.81. The highest BCUT2D eigenvalue weighted by molar-refractivity contribution is 6.31. The average molecular weight is 805 g/mol. The number of fused-ring (bicyclic) bond motifs is 1. The number of pyridine rings is 1. The molecule has 57 heavy (non-hydrogen) atoms. The van der Waals surface area contributed by atoms with Gasteiger partial charge in [-0.2, -0.15) is 0 Å². The predicted molar refractivity (Wildman–Crippen MR) is 213 cm³/mol. The summed E-state index contributed by atoms with van der Waals surface area (Å²) in [5, 5.41) is 26.1. The number of aromatic nitrogens is 6.